The Bertz CT molecular complexity index is 213. The van der Waals surface area contributed by atoms with Crippen LogP contribution in [0.5, 0.6) is 0 Å². The molecule has 1 heterocycles. The van der Waals surface area contributed by atoms with Crippen molar-refractivity contribution in [2.24, 2.45) is 5.92 Å². The number of aliphatic carboxylic acids is 1. The van der Waals surface area contributed by atoms with Crippen molar-refractivity contribution in [3.8, 4) is 0 Å². The van der Waals surface area contributed by atoms with E-state index in [1.54, 1.807) is 0 Å². The quantitative estimate of drug-likeness (QED) is 0.716. The van der Waals surface area contributed by atoms with E-state index in [4.69, 9.17) is 5.11 Å². The summed E-state index contributed by atoms with van der Waals surface area (Å²) in [7, 11) is 0. The number of nitrogens with one attached hydrogen (secondary N) is 1. The van der Waals surface area contributed by atoms with Gasteiger partial charge in [0.2, 0.25) is 0 Å². The first-order valence-electron chi connectivity index (χ1n) is 6.37. The number of hydrogen-bond donors (Lipinski definition) is 2. The van der Waals surface area contributed by atoms with Gasteiger partial charge in [-0.05, 0) is 51.4 Å². The third-order valence-corrected chi connectivity index (χ3v) is 3.33. The highest BCUT2D eigenvalue weighted by Gasteiger charge is 2.30. The molecule has 1 saturated heterocycles. The number of likely N-dealkylation sites (N-methyl/N-ethyl adjacent to an activating group) is 1. The lowest BCUT2D eigenvalue weighted by Crippen LogP contribution is -2.47. The Hall–Kier alpha value is -0.610. The Labute approximate surface area is 98.0 Å². The molecule has 0 aromatic heterocycles. The lowest BCUT2D eigenvalue weighted by atomic mass is 9.89. The molecule has 0 saturated carbocycles. The molecule has 1 unspecified atom stereocenters. The summed E-state index contributed by atoms with van der Waals surface area (Å²) in [6.07, 6.45) is 3.19. The molecule has 0 spiro atoms. The van der Waals surface area contributed by atoms with Crippen LogP contribution in [0.15, 0.2) is 0 Å². The highest BCUT2D eigenvalue weighted by Crippen LogP contribution is 2.21. The van der Waals surface area contributed by atoms with Crippen LogP contribution >= 0.6 is 0 Å². The SMILES string of the molecule is CCCN1CCC(C(NCC)C(=O)O)CC1. The second-order valence-corrected chi connectivity index (χ2v) is 4.55. The average Bonchev–Trinajstić information content (AvgIpc) is 2.27. The highest BCUT2D eigenvalue weighted by atomic mass is 16.4. The minimum atomic E-state index is -0.698. The number of carboxylic acid groups (broad SMARTS) is 1. The standard InChI is InChI=1S/C12H24N2O2/c1-3-7-14-8-5-10(6-9-14)11(12(15)16)13-4-2/h10-11,13H,3-9H2,1-2H3,(H,15,16). The molecule has 0 radical (unpaired) electrons. The van der Waals surface area contributed by atoms with Crippen LogP contribution < -0.4 is 5.32 Å². The Morgan fingerprint density at radius 3 is 2.50 bits per heavy atom. The zero-order valence-corrected chi connectivity index (χ0v) is 10.4. The van der Waals surface area contributed by atoms with Crippen molar-refractivity contribution < 1.29 is 9.90 Å². The van der Waals surface area contributed by atoms with Crippen molar-refractivity contribution in [2.45, 2.75) is 39.2 Å². The van der Waals surface area contributed by atoms with Gasteiger partial charge in [-0.1, -0.05) is 13.8 Å². The molecular weight excluding hydrogens is 204 g/mol. The normalized spacial score (nSPS) is 20.9. The summed E-state index contributed by atoms with van der Waals surface area (Å²) in [6.45, 7) is 8.12. The Balaban J connectivity index is 2.41. The maximum atomic E-state index is 11.1. The molecule has 1 atom stereocenters. The van der Waals surface area contributed by atoms with Gasteiger partial charge < -0.3 is 15.3 Å². The molecule has 2 N–H and O–H groups in total. The van der Waals surface area contributed by atoms with Crippen LogP contribution in [0.25, 0.3) is 0 Å². The monoisotopic (exact) mass is 228 g/mol. The van der Waals surface area contributed by atoms with Gasteiger partial charge in [-0.3, -0.25) is 4.79 Å². The van der Waals surface area contributed by atoms with Gasteiger partial charge in [-0.25, -0.2) is 0 Å². The van der Waals surface area contributed by atoms with Crippen LogP contribution in [0.2, 0.25) is 0 Å². The topological polar surface area (TPSA) is 52.6 Å². The second kappa shape index (κ2) is 6.86. The fourth-order valence-electron chi connectivity index (χ4n) is 2.50. The molecule has 0 aliphatic carbocycles. The molecule has 4 nitrogen and oxygen atoms in total. The number of likely N-dealkylation sites (tertiary alicyclic amines) is 1. The second-order valence-electron chi connectivity index (χ2n) is 4.55. The van der Waals surface area contributed by atoms with E-state index in [0.29, 0.717) is 5.92 Å². The maximum absolute atomic E-state index is 11.1. The van der Waals surface area contributed by atoms with E-state index in [-0.39, 0.29) is 6.04 Å². The summed E-state index contributed by atoms with van der Waals surface area (Å²) in [5.41, 5.74) is 0. The van der Waals surface area contributed by atoms with Crippen molar-refractivity contribution in [3.63, 3.8) is 0 Å². The van der Waals surface area contributed by atoms with E-state index in [9.17, 15) is 4.79 Å². The molecule has 1 fully saturated rings. The number of rotatable bonds is 6. The number of hydrogen-bond acceptors (Lipinski definition) is 3. The van der Waals surface area contributed by atoms with E-state index in [1.165, 1.54) is 6.42 Å². The molecule has 1 aliphatic rings. The Morgan fingerprint density at radius 2 is 2.06 bits per heavy atom. The van der Waals surface area contributed by atoms with Crippen LogP contribution in [0.1, 0.15) is 33.1 Å². The number of piperidine rings is 1. The minimum Gasteiger partial charge on any atom is -0.480 e. The van der Waals surface area contributed by atoms with E-state index in [0.717, 1.165) is 39.0 Å². The van der Waals surface area contributed by atoms with Crippen molar-refractivity contribution in [2.75, 3.05) is 26.2 Å². The summed E-state index contributed by atoms with van der Waals surface area (Å²) in [5.74, 6) is -0.402. The average molecular weight is 228 g/mol. The molecule has 94 valence electrons. The number of carboxylic acids is 1. The van der Waals surface area contributed by atoms with Gasteiger partial charge in [0.1, 0.15) is 6.04 Å². The zero-order chi connectivity index (χ0) is 12.0. The highest BCUT2D eigenvalue weighted by molar-refractivity contribution is 5.73. The van der Waals surface area contributed by atoms with Crippen LogP contribution in [-0.2, 0) is 4.79 Å². The summed E-state index contributed by atoms with van der Waals surface area (Å²) in [5, 5.41) is 12.2. The van der Waals surface area contributed by atoms with Crippen molar-refractivity contribution >= 4 is 5.97 Å². The van der Waals surface area contributed by atoms with Gasteiger partial charge in [-0.2, -0.15) is 0 Å². The molecule has 16 heavy (non-hydrogen) atoms. The fourth-order valence-corrected chi connectivity index (χ4v) is 2.50. The third-order valence-electron chi connectivity index (χ3n) is 3.33. The summed E-state index contributed by atoms with van der Waals surface area (Å²) in [6, 6.07) is -0.353. The molecular formula is C12H24N2O2. The fraction of sp³-hybridized carbons (Fsp3) is 0.917. The first kappa shape index (κ1) is 13.5. The first-order valence-corrected chi connectivity index (χ1v) is 6.37. The van der Waals surface area contributed by atoms with Crippen LogP contribution in [0.3, 0.4) is 0 Å². The molecule has 1 aliphatic heterocycles. The molecule has 4 heteroatoms. The lowest BCUT2D eigenvalue weighted by molar-refractivity contribution is -0.141. The summed E-state index contributed by atoms with van der Waals surface area (Å²) >= 11 is 0. The van der Waals surface area contributed by atoms with E-state index < -0.39 is 5.97 Å². The molecule has 0 aromatic carbocycles. The third kappa shape index (κ3) is 3.76. The van der Waals surface area contributed by atoms with Gasteiger partial charge in [0.15, 0.2) is 0 Å². The van der Waals surface area contributed by atoms with Crippen molar-refractivity contribution in [1.29, 1.82) is 0 Å². The Morgan fingerprint density at radius 1 is 1.44 bits per heavy atom. The van der Waals surface area contributed by atoms with Crippen LogP contribution in [-0.4, -0.2) is 48.2 Å². The largest absolute Gasteiger partial charge is 0.480 e. The van der Waals surface area contributed by atoms with Crippen molar-refractivity contribution in [1.82, 2.24) is 10.2 Å². The maximum Gasteiger partial charge on any atom is 0.320 e. The zero-order valence-electron chi connectivity index (χ0n) is 10.4. The van der Waals surface area contributed by atoms with Gasteiger partial charge in [0, 0.05) is 0 Å². The van der Waals surface area contributed by atoms with Crippen LogP contribution in [0, 0.1) is 5.92 Å². The Kier molecular flexibility index (Phi) is 5.77. The first-order chi connectivity index (χ1) is 7.69. The minimum absolute atomic E-state index is 0.297. The molecule has 0 amide bonds. The van der Waals surface area contributed by atoms with Gasteiger partial charge >= 0.3 is 5.97 Å². The lowest BCUT2D eigenvalue weighted by Gasteiger charge is -2.34. The molecule has 0 aromatic rings. The van der Waals surface area contributed by atoms with E-state index >= 15 is 0 Å². The summed E-state index contributed by atoms with van der Waals surface area (Å²) < 4.78 is 0. The number of carbonyl (C=O) groups is 1. The van der Waals surface area contributed by atoms with Crippen molar-refractivity contribution in [3.05, 3.63) is 0 Å². The van der Waals surface area contributed by atoms with E-state index in [2.05, 4.69) is 17.1 Å². The van der Waals surface area contributed by atoms with Crippen LogP contribution in [0.4, 0.5) is 0 Å². The van der Waals surface area contributed by atoms with Gasteiger partial charge in [-0.15, -0.1) is 0 Å². The smallest absolute Gasteiger partial charge is 0.320 e. The number of nitrogens with zero attached hydrogens (tertiary/aromatic N) is 1. The van der Waals surface area contributed by atoms with Gasteiger partial charge in [0.05, 0.1) is 0 Å². The van der Waals surface area contributed by atoms with Gasteiger partial charge in [0.25, 0.3) is 0 Å². The predicted molar refractivity (Wildman–Crippen MR) is 64.6 cm³/mol. The molecule has 1 rings (SSSR count). The summed E-state index contributed by atoms with van der Waals surface area (Å²) in [4.78, 5) is 13.6. The predicted octanol–water partition coefficient (Wildman–Crippen LogP) is 1.17. The van der Waals surface area contributed by atoms with E-state index in [1.807, 2.05) is 6.92 Å². The molecule has 0 bridgehead atoms.